The number of aromatic carboxylic acids is 1. The van der Waals surface area contributed by atoms with E-state index in [0.717, 1.165) is 24.0 Å². The maximum absolute atomic E-state index is 13.8. The van der Waals surface area contributed by atoms with E-state index in [1.54, 1.807) is 40.0 Å². The SMILES string of the molecule is C=C(C)/C(C)=C(\NC)Nc1ncnc2cc(OCC3CCN(c4cnc(C(=O)O)cn4)CC3)c(S(=O)(=O)C(C)(C)C)cc12. The van der Waals surface area contributed by atoms with Crippen molar-refractivity contribution in [3.8, 4) is 5.75 Å². The molecule has 0 radical (unpaired) electrons. The van der Waals surface area contributed by atoms with Gasteiger partial charge in [0.15, 0.2) is 15.5 Å². The molecular weight excluding hydrogens is 570 g/mol. The fourth-order valence-electron chi connectivity index (χ4n) is 4.62. The van der Waals surface area contributed by atoms with Crippen LogP contribution in [0.4, 0.5) is 11.6 Å². The van der Waals surface area contributed by atoms with Gasteiger partial charge in [-0.25, -0.2) is 33.1 Å². The van der Waals surface area contributed by atoms with Gasteiger partial charge in [-0.1, -0.05) is 12.2 Å². The molecule has 43 heavy (non-hydrogen) atoms. The summed E-state index contributed by atoms with van der Waals surface area (Å²) in [6.45, 7) is 14.5. The molecule has 0 atom stereocenters. The number of piperidine rings is 1. The summed E-state index contributed by atoms with van der Waals surface area (Å²) in [6.07, 6.45) is 5.73. The highest BCUT2D eigenvalue weighted by molar-refractivity contribution is 7.92. The van der Waals surface area contributed by atoms with Crippen LogP contribution in [0.1, 0.15) is 57.9 Å². The maximum atomic E-state index is 13.8. The summed E-state index contributed by atoms with van der Waals surface area (Å²) in [7, 11) is -2.02. The van der Waals surface area contributed by atoms with Crippen LogP contribution in [0.5, 0.6) is 5.75 Å². The fraction of sp³-hybridized carbons (Fsp3) is 0.433. The molecule has 0 bridgehead atoms. The topological polar surface area (TPSA) is 160 Å². The highest BCUT2D eigenvalue weighted by Gasteiger charge is 2.35. The zero-order valence-corrected chi connectivity index (χ0v) is 26.2. The third kappa shape index (κ3) is 6.87. The van der Waals surface area contributed by atoms with E-state index in [1.165, 1.54) is 18.7 Å². The highest BCUT2D eigenvalue weighted by atomic mass is 32.2. The predicted octanol–water partition coefficient (Wildman–Crippen LogP) is 4.42. The van der Waals surface area contributed by atoms with Crippen LogP contribution >= 0.6 is 0 Å². The van der Waals surface area contributed by atoms with E-state index in [-0.39, 0.29) is 22.3 Å². The Hall–Kier alpha value is -4.26. The molecule has 1 aliphatic rings. The molecule has 1 aromatic carbocycles. The number of sulfone groups is 1. The fourth-order valence-corrected chi connectivity index (χ4v) is 5.94. The monoisotopic (exact) mass is 609 g/mol. The van der Waals surface area contributed by atoms with E-state index >= 15 is 0 Å². The Labute approximate surface area is 252 Å². The minimum Gasteiger partial charge on any atom is -0.492 e. The van der Waals surface area contributed by atoms with Gasteiger partial charge in [0.1, 0.15) is 34.4 Å². The number of carboxylic acids is 1. The second kappa shape index (κ2) is 12.5. The number of anilines is 2. The van der Waals surface area contributed by atoms with Gasteiger partial charge in [0.2, 0.25) is 0 Å². The number of nitrogens with zero attached hydrogens (tertiary/aromatic N) is 5. The van der Waals surface area contributed by atoms with Crippen LogP contribution in [0.15, 0.2) is 59.3 Å². The van der Waals surface area contributed by atoms with E-state index < -0.39 is 20.6 Å². The molecule has 3 N–H and O–H groups in total. The molecule has 0 unspecified atom stereocenters. The predicted molar refractivity (Wildman–Crippen MR) is 166 cm³/mol. The number of carboxylic acid groups (broad SMARTS) is 1. The molecule has 1 saturated heterocycles. The lowest BCUT2D eigenvalue weighted by Crippen LogP contribution is -2.36. The number of nitrogens with one attached hydrogen (secondary N) is 2. The van der Waals surface area contributed by atoms with E-state index in [1.807, 2.05) is 13.8 Å². The van der Waals surface area contributed by atoms with Crippen molar-refractivity contribution in [2.75, 3.05) is 37.0 Å². The van der Waals surface area contributed by atoms with Crippen molar-refractivity contribution in [1.29, 1.82) is 0 Å². The number of hydrogen-bond acceptors (Lipinski definition) is 11. The number of allylic oxidation sites excluding steroid dienone is 2. The Balaban J connectivity index is 1.60. The first-order chi connectivity index (χ1) is 20.2. The summed E-state index contributed by atoms with van der Waals surface area (Å²) >= 11 is 0. The average Bonchev–Trinajstić information content (AvgIpc) is 2.97. The first-order valence-electron chi connectivity index (χ1n) is 14.0. The number of rotatable bonds is 10. The van der Waals surface area contributed by atoms with Crippen molar-refractivity contribution in [2.24, 2.45) is 5.92 Å². The van der Waals surface area contributed by atoms with Gasteiger partial charge in [-0.05, 0) is 65.0 Å². The Morgan fingerprint density at radius 3 is 2.37 bits per heavy atom. The Morgan fingerprint density at radius 2 is 1.81 bits per heavy atom. The zero-order chi connectivity index (χ0) is 31.5. The molecule has 3 aromatic rings. The molecule has 0 amide bonds. The molecule has 230 valence electrons. The molecular formula is C30H39N7O5S. The average molecular weight is 610 g/mol. The minimum absolute atomic E-state index is 0.0863. The summed E-state index contributed by atoms with van der Waals surface area (Å²) < 4.78 is 32.8. The van der Waals surface area contributed by atoms with Crippen LogP contribution in [0.25, 0.3) is 10.9 Å². The molecule has 3 heterocycles. The molecule has 0 saturated carbocycles. The Bertz CT molecular complexity index is 1660. The van der Waals surface area contributed by atoms with E-state index in [9.17, 15) is 13.2 Å². The van der Waals surface area contributed by atoms with Crippen molar-refractivity contribution >= 4 is 38.3 Å². The lowest BCUT2D eigenvalue weighted by atomic mass is 9.98. The summed E-state index contributed by atoms with van der Waals surface area (Å²) in [4.78, 5) is 30.2. The van der Waals surface area contributed by atoms with Gasteiger partial charge in [0.05, 0.1) is 29.3 Å². The second-order valence-corrected chi connectivity index (χ2v) is 14.3. The first kappa shape index (κ1) is 31.7. The highest BCUT2D eigenvalue weighted by Crippen LogP contribution is 2.37. The third-order valence-electron chi connectivity index (χ3n) is 7.58. The van der Waals surface area contributed by atoms with Crippen LogP contribution in [0.3, 0.4) is 0 Å². The van der Waals surface area contributed by atoms with Crippen LogP contribution < -0.4 is 20.3 Å². The van der Waals surface area contributed by atoms with Gasteiger partial charge in [-0.3, -0.25) is 0 Å². The zero-order valence-electron chi connectivity index (χ0n) is 25.4. The van der Waals surface area contributed by atoms with Gasteiger partial charge in [0.25, 0.3) is 0 Å². The van der Waals surface area contributed by atoms with Gasteiger partial charge >= 0.3 is 5.97 Å². The van der Waals surface area contributed by atoms with Gasteiger partial charge in [0, 0.05) is 31.6 Å². The quantitative estimate of drug-likeness (QED) is 0.278. The Kier molecular flexibility index (Phi) is 9.24. The van der Waals surface area contributed by atoms with Crippen molar-refractivity contribution < 1.29 is 23.1 Å². The van der Waals surface area contributed by atoms with E-state index in [4.69, 9.17) is 9.84 Å². The first-order valence-corrected chi connectivity index (χ1v) is 15.5. The maximum Gasteiger partial charge on any atom is 0.356 e. The largest absolute Gasteiger partial charge is 0.492 e. The molecule has 1 aliphatic heterocycles. The molecule has 12 nitrogen and oxygen atoms in total. The molecule has 0 aliphatic carbocycles. The number of aromatic nitrogens is 4. The van der Waals surface area contributed by atoms with Gasteiger partial charge in [-0.15, -0.1) is 0 Å². The van der Waals surface area contributed by atoms with Crippen molar-refractivity contribution in [1.82, 2.24) is 25.3 Å². The normalized spacial score (nSPS) is 15.2. The van der Waals surface area contributed by atoms with Crippen LogP contribution in [-0.4, -0.2) is 70.9 Å². The molecule has 13 heteroatoms. The third-order valence-corrected chi connectivity index (χ3v) is 10.1. The minimum atomic E-state index is -3.80. The number of benzene rings is 1. The van der Waals surface area contributed by atoms with Gasteiger partial charge < -0.3 is 25.4 Å². The lowest BCUT2D eigenvalue weighted by Gasteiger charge is -2.32. The number of hydrogen-bond donors (Lipinski definition) is 3. The second-order valence-electron chi connectivity index (χ2n) is 11.6. The number of carbonyl (C=O) groups is 1. The number of fused-ring (bicyclic) bond motifs is 1. The van der Waals surface area contributed by atoms with Crippen LogP contribution in [-0.2, 0) is 9.84 Å². The molecule has 1 fully saturated rings. The standard InChI is InChI=1S/C30H39N7O5S/c1-18(2)19(3)27(31-7)36-28-21-12-25(43(40,41)30(4,5)6)24(13-22(21)34-17-35-28)42-16-20-8-10-37(11-9-20)26-15-32-23(14-33-26)29(38)39/h12-15,17,20,31H,1,8-11,16H2,2-7H3,(H,38,39)(H,34,35,36)/b27-19+. The summed E-state index contributed by atoms with van der Waals surface area (Å²) in [5, 5.41) is 16.0. The summed E-state index contributed by atoms with van der Waals surface area (Å²) in [6, 6.07) is 3.27. The van der Waals surface area contributed by atoms with E-state index in [2.05, 4.69) is 42.0 Å². The Morgan fingerprint density at radius 1 is 1.12 bits per heavy atom. The number of ether oxygens (including phenoxy) is 1. The molecule has 0 spiro atoms. The molecule has 2 aromatic heterocycles. The van der Waals surface area contributed by atoms with Crippen LogP contribution in [0.2, 0.25) is 0 Å². The van der Waals surface area contributed by atoms with Crippen molar-refractivity contribution in [2.45, 2.75) is 57.1 Å². The summed E-state index contributed by atoms with van der Waals surface area (Å²) in [5.74, 6) is 1.10. The van der Waals surface area contributed by atoms with Crippen molar-refractivity contribution in [3.05, 3.63) is 60.1 Å². The molecule has 4 rings (SSSR count). The van der Waals surface area contributed by atoms with Gasteiger partial charge in [-0.2, -0.15) is 0 Å². The van der Waals surface area contributed by atoms with Crippen molar-refractivity contribution in [3.63, 3.8) is 0 Å². The van der Waals surface area contributed by atoms with E-state index in [0.29, 0.717) is 48.1 Å². The summed E-state index contributed by atoms with van der Waals surface area (Å²) in [5.41, 5.74) is 2.23. The van der Waals surface area contributed by atoms with Crippen LogP contribution in [0, 0.1) is 5.92 Å². The lowest BCUT2D eigenvalue weighted by molar-refractivity contribution is 0.0690. The smallest absolute Gasteiger partial charge is 0.356 e.